The summed E-state index contributed by atoms with van der Waals surface area (Å²) < 4.78 is 5.14. The SMILES string of the molecule is N#Cc1cc2ccccc2nc1NCCOCCO. The van der Waals surface area contributed by atoms with Crippen LogP contribution < -0.4 is 5.32 Å². The van der Waals surface area contributed by atoms with E-state index in [-0.39, 0.29) is 6.61 Å². The van der Waals surface area contributed by atoms with E-state index in [9.17, 15) is 0 Å². The van der Waals surface area contributed by atoms with Gasteiger partial charge in [-0.15, -0.1) is 0 Å². The number of rotatable bonds is 6. The van der Waals surface area contributed by atoms with Crippen molar-refractivity contribution < 1.29 is 9.84 Å². The molecule has 1 aromatic heterocycles. The summed E-state index contributed by atoms with van der Waals surface area (Å²) in [7, 11) is 0. The quantitative estimate of drug-likeness (QED) is 0.767. The maximum Gasteiger partial charge on any atom is 0.144 e. The number of ether oxygens (including phenoxy) is 1. The van der Waals surface area contributed by atoms with E-state index in [1.54, 1.807) is 0 Å². The number of nitriles is 1. The van der Waals surface area contributed by atoms with Gasteiger partial charge in [-0.05, 0) is 12.1 Å². The summed E-state index contributed by atoms with van der Waals surface area (Å²) in [6.07, 6.45) is 0. The van der Waals surface area contributed by atoms with Crippen molar-refractivity contribution >= 4 is 16.7 Å². The molecule has 0 saturated carbocycles. The van der Waals surface area contributed by atoms with Crippen LogP contribution in [0.5, 0.6) is 0 Å². The van der Waals surface area contributed by atoms with Gasteiger partial charge in [-0.3, -0.25) is 0 Å². The van der Waals surface area contributed by atoms with Gasteiger partial charge in [0.05, 0.1) is 30.9 Å². The zero-order valence-corrected chi connectivity index (χ0v) is 10.5. The van der Waals surface area contributed by atoms with Crippen LogP contribution in [0.25, 0.3) is 10.9 Å². The lowest BCUT2D eigenvalue weighted by Gasteiger charge is -2.08. The van der Waals surface area contributed by atoms with Crippen molar-refractivity contribution in [3.63, 3.8) is 0 Å². The second-order valence-electron chi connectivity index (χ2n) is 3.95. The van der Waals surface area contributed by atoms with E-state index in [0.717, 1.165) is 10.9 Å². The molecule has 5 nitrogen and oxygen atoms in total. The molecule has 0 aliphatic rings. The number of anilines is 1. The average Bonchev–Trinajstić information content (AvgIpc) is 2.46. The summed E-state index contributed by atoms with van der Waals surface area (Å²) >= 11 is 0. The van der Waals surface area contributed by atoms with Crippen molar-refractivity contribution in [1.29, 1.82) is 5.26 Å². The lowest BCUT2D eigenvalue weighted by atomic mass is 10.1. The fourth-order valence-electron chi connectivity index (χ4n) is 1.74. The number of hydrogen-bond donors (Lipinski definition) is 2. The normalized spacial score (nSPS) is 10.3. The molecule has 1 heterocycles. The van der Waals surface area contributed by atoms with Crippen LogP contribution in [0.1, 0.15) is 5.56 Å². The first-order valence-corrected chi connectivity index (χ1v) is 6.07. The van der Waals surface area contributed by atoms with Crippen molar-refractivity contribution in [2.45, 2.75) is 0 Å². The number of para-hydroxylation sites is 1. The Hall–Kier alpha value is -2.16. The summed E-state index contributed by atoms with van der Waals surface area (Å²) in [5.74, 6) is 0.564. The van der Waals surface area contributed by atoms with Gasteiger partial charge in [-0.25, -0.2) is 4.98 Å². The monoisotopic (exact) mass is 257 g/mol. The topological polar surface area (TPSA) is 78.2 Å². The molecule has 0 atom stereocenters. The molecular weight excluding hydrogens is 242 g/mol. The van der Waals surface area contributed by atoms with E-state index in [1.807, 2.05) is 30.3 Å². The van der Waals surface area contributed by atoms with Crippen molar-refractivity contribution in [2.24, 2.45) is 0 Å². The van der Waals surface area contributed by atoms with E-state index in [0.29, 0.717) is 31.1 Å². The van der Waals surface area contributed by atoms with Crippen LogP contribution in [0.15, 0.2) is 30.3 Å². The van der Waals surface area contributed by atoms with Crippen LogP contribution in [0, 0.1) is 11.3 Å². The van der Waals surface area contributed by atoms with Gasteiger partial charge in [-0.1, -0.05) is 18.2 Å². The number of aliphatic hydroxyl groups is 1. The summed E-state index contributed by atoms with van der Waals surface area (Å²) in [5, 5.41) is 21.7. The number of benzene rings is 1. The molecule has 0 bridgehead atoms. The Kier molecular flexibility index (Phi) is 4.67. The first kappa shape index (κ1) is 13.3. The summed E-state index contributed by atoms with van der Waals surface area (Å²) in [6, 6.07) is 11.6. The fraction of sp³-hybridized carbons (Fsp3) is 0.286. The molecule has 0 aliphatic carbocycles. The van der Waals surface area contributed by atoms with Gasteiger partial charge in [-0.2, -0.15) is 5.26 Å². The number of aromatic nitrogens is 1. The van der Waals surface area contributed by atoms with Crippen LogP contribution in [-0.4, -0.2) is 36.5 Å². The third kappa shape index (κ3) is 3.41. The first-order chi connectivity index (χ1) is 9.35. The Morgan fingerprint density at radius 3 is 2.95 bits per heavy atom. The summed E-state index contributed by atoms with van der Waals surface area (Å²) in [4.78, 5) is 4.43. The first-order valence-electron chi connectivity index (χ1n) is 6.07. The molecule has 0 saturated heterocycles. The third-order valence-electron chi connectivity index (χ3n) is 2.62. The predicted molar refractivity (Wildman–Crippen MR) is 72.9 cm³/mol. The number of fused-ring (bicyclic) bond motifs is 1. The maximum atomic E-state index is 9.12. The molecule has 19 heavy (non-hydrogen) atoms. The second kappa shape index (κ2) is 6.69. The predicted octanol–water partition coefficient (Wildman–Crippen LogP) is 1.53. The van der Waals surface area contributed by atoms with E-state index in [2.05, 4.69) is 16.4 Å². The highest BCUT2D eigenvalue weighted by Crippen LogP contribution is 2.19. The second-order valence-corrected chi connectivity index (χ2v) is 3.95. The Bertz CT molecular complexity index is 593. The Morgan fingerprint density at radius 1 is 1.32 bits per heavy atom. The molecule has 0 fully saturated rings. The van der Waals surface area contributed by atoms with Crippen LogP contribution in [0.2, 0.25) is 0 Å². The number of nitrogens with one attached hydrogen (secondary N) is 1. The van der Waals surface area contributed by atoms with Gasteiger partial charge < -0.3 is 15.2 Å². The molecular formula is C14H15N3O2. The zero-order chi connectivity index (χ0) is 13.5. The number of nitrogens with zero attached hydrogens (tertiary/aromatic N) is 2. The molecule has 0 amide bonds. The molecule has 2 aromatic rings. The minimum atomic E-state index is 0.0116. The molecule has 0 radical (unpaired) electrons. The lowest BCUT2D eigenvalue weighted by Crippen LogP contribution is -2.13. The van der Waals surface area contributed by atoms with Gasteiger partial charge >= 0.3 is 0 Å². The minimum Gasteiger partial charge on any atom is -0.394 e. The number of pyridine rings is 1. The van der Waals surface area contributed by atoms with Gasteiger partial charge in [0.15, 0.2) is 0 Å². The highest BCUT2D eigenvalue weighted by molar-refractivity contribution is 5.82. The van der Waals surface area contributed by atoms with Crippen LogP contribution in [0.4, 0.5) is 5.82 Å². The lowest BCUT2D eigenvalue weighted by molar-refractivity contribution is 0.0992. The highest BCUT2D eigenvalue weighted by atomic mass is 16.5. The van der Waals surface area contributed by atoms with Crippen molar-refractivity contribution in [3.8, 4) is 6.07 Å². The van der Waals surface area contributed by atoms with Crippen LogP contribution >= 0.6 is 0 Å². The zero-order valence-electron chi connectivity index (χ0n) is 10.5. The Labute approximate surface area is 111 Å². The average molecular weight is 257 g/mol. The minimum absolute atomic E-state index is 0.0116. The van der Waals surface area contributed by atoms with E-state index in [1.165, 1.54) is 0 Å². The summed E-state index contributed by atoms with van der Waals surface area (Å²) in [5.41, 5.74) is 1.36. The Morgan fingerprint density at radius 2 is 2.16 bits per heavy atom. The van der Waals surface area contributed by atoms with Gasteiger partial charge in [0, 0.05) is 11.9 Å². The molecule has 2 rings (SSSR count). The van der Waals surface area contributed by atoms with Crippen LogP contribution in [0.3, 0.4) is 0 Å². The Balaban J connectivity index is 2.10. The molecule has 0 aliphatic heterocycles. The standard InChI is InChI=1S/C14H15N3O2/c15-10-12-9-11-3-1-2-4-13(11)17-14(12)16-5-7-19-8-6-18/h1-4,9,18H,5-8H2,(H,16,17). The van der Waals surface area contributed by atoms with Crippen molar-refractivity contribution in [2.75, 3.05) is 31.7 Å². The van der Waals surface area contributed by atoms with E-state index in [4.69, 9.17) is 15.1 Å². The van der Waals surface area contributed by atoms with E-state index >= 15 is 0 Å². The summed E-state index contributed by atoms with van der Waals surface area (Å²) in [6.45, 7) is 1.33. The molecule has 1 aromatic carbocycles. The highest BCUT2D eigenvalue weighted by Gasteiger charge is 2.05. The van der Waals surface area contributed by atoms with Gasteiger partial charge in [0.25, 0.3) is 0 Å². The molecule has 98 valence electrons. The molecule has 2 N–H and O–H groups in total. The molecule has 0 spiro atoms. The van der Waals surface area contributed by atoms with Gasteiger partial charge in [0.2, 0.25) is 0 Å². The van der Waals surface area contributed by atoms with Crippen molar-refractivity contribution in [3.05, 3.63) is 35.9 Å². The molecule has 5 heteroatoms. The van der Waals surface area contributed by atoms with Gasteiger partial charge in [0.1, 0.15) is 11.9 Å². The number of hydrogen-bond acceptors (Lipinski definition) is 5. The molecule has 0 unspecified atom stereocenters. The third-order valence-corrected chi connectivity index (χ3v) is 2.62. The number of aliphatic hydroxyl groups excluding tert-OH is 1. The maximum absolute atomic E-state index is 9.12. The smallest absolute Gasteiger partial charge is 0.144 e. The van der Waals surface area contributed by atoms with E-state index < -0.39 is 0 Å². The largest absolute Gasteiger partial charge is 0.394 e. The van der Waals surface area contributed by atoms with Crippen molar-refractivity contribution in [1.82, 2.24) is 4.98 Å². The fourth-order valence-corrected chi connectivity index (χ4v) is 1.74. The van der Waals surface area contributed by atoms with Crippen LogP contribution in [-0.2, 0) is 4.74 Å².